The average Bonchev–Trinajstić information content (AvgIpc) is 2.94. The van der Waals surface area contributed by atoms with Crippen LogP contribution < -0.4 is 5.32 Å². The highest BCUT2D eigenvalue weighted by Crippen LogP contribution is 2.23. The Bertz CT molecular complexity index is 1250. The quantitative estimate of drug-likeness (QED) is 0.577. The summed E-state index contributed by atoms with van der Waals surface area (Å²) in [7, 11) is 0. The molecule has 1 saturated heterocycles. The number of benzene rings is 2. The maximum absolute atomic E-state index is 14.3. The second kappa shape index (κ2) is 9.80. The van der Waals surface area contributed by atoms with Crippen LogP contribution in [0.5, 0.6) is 0 Å². The number of anilines is 1. The van der Waals surface area contributed by atoms with Crippen molar-refractivity contribution >= 4 is 29.2 Å². The van der Waals surface area contributed by atoms with Gasteiger partial charge in [-0.2, -0.15) is 5.10 Å². The summed E-state index contributed by atoms with van der Waals surface area (Å²) >= 11 is 5.98. The van der Waals surface area contributed by atoms with Gasteiger partial charge < -0.3 is 15.1 Å². The fourth-order valence-corrected chi connectivity index (χ4v) is 4.28. The van der Waals surface area contributed by atoms with E-state index in [1.165, 1.54) is 10.7 Å². The number of carbonyl (C=O) groups excluding carboxylic acids is 2. The first-order valence-electron chi connectivity index (χ1n) is 10.9. The van der Waals surface area contributed by atoms with Crippen molar-refractivity contribution in [3.8, 4) is 5.69 Å². The molecule has 2 aromatic carbocycles. The number of nitrogens with one attached hydrogen (secondary N) is 1. The van der Waals surface area contributed by atoms with Gasteiger partial charge in [-0.25, -0.2) is 18.3 Å². The molecule has 2 heterocycles. The van der Waals surface area contributed by atoms with E-state index in [-0.39, 0.29) is 17.6 Å². The van der Waals surface area contributed by atoms with E-state index in [4.69, 9.17) is 11.6 Å². The number of aromatic nitrogens is 2. The number of amides is 3. The Hall–Kier alpha value is -3.46. The van der Waals surface area contributed by atoms with E-state index in [9.17, 15) is 18.4 Å². The molecule has 1 aliphatic heterocycles. The van der Waals surface area contributed by atoms with Gasteiger partial charge in [-0.05, 0) is 50.6 Å². The lowest BCUT2D eigenvalue weighted by molar-refractivity contribution is 0.0761. The van der Waals surface area contributed by atoms with Crippen LogP contribution in [0.15, 0.2) is 42.5 Å². The maximum atomic E-state index is 14.3. The van der Waals surface area contributed by atoms with E-state index in [0.29, 0.717) is 60.3 Å². The summed E-state index contributed by atoms with van der Waals surface area (Å²) in [5, 5.41) is 7.68. The monoisotopic (exact) mass is 487 g/mol. The van der Waals surface area contributed by atoms with Crippen LogP contribution in [0.25, 0.3) is 5.69 Å². The van der Waals surface area contributed by atoms with Gasteiger partial charge >= 0.3 is 6.03 Å². The van der Waals surface area contributed by atoms with Gasteiger partial charge in [-0.1, -0.05) is 17.7 Å². The minimum atomic E-state index is -0.763. The van der Waals surface area contributed by atoms with Crippen molar-refractivity contribution in [2.24, 2.45) is 0 Å². The molecule has 7 nitrogen and oxygen atoms in total. The lowest BCUT2D eigenvalue weighted by Crippen LogP contribution is -2.39. The van der Waals surface area contributed by atoms with E-state index in [1.54, 1.807) is 47.9 Å². The smallest absolute Gasteiger partial charge is 0.321 e. The third-order valence-electron chi connectivity index (χ3n) is 5.79. The number of rotatable bonds is 3. The summed E-state index contributed by atoms with van der Waals surface area (Å²) in [5.74, 6) is -1.69. The van der Waals surface area contributed by atoms with Gasteiger partial charge in [0.2, 0.25) is 0 Å². The first-order valence-corrected chi connectivity index (χ1v) is 11.2. The Balaban J connectivity index is 1.48. The van der Waals surface area contributed by atoms with Gasteiger partial charge in [-0.3, -0.25) is 4.79 Å². The molecule has 0 saturated carbocycles. The minimum absolute atomic E-state index is 0.0702. The van der Waals surface area contributed by atoms with Gasteiger partial charge in [0.05, 0.1) is 17.0 Å². The van der Waals surface area contributed by atoms with Crippen molar-refractivity contribution < 1.29 is 18.4 Å². The predicted octanol–water partition coefficient (Wildman–Crippen LogP) is 4.80. The molecule has 10 heteroatoms. The highest BCUT2D eigenvalue weighted by Gasteiger charge is 2.28. The maximum Gasteiger partial charge on any atom is 0.321 e. The molecule has 34 heavy (non-hydrogen) atoms. The zero-order valence-electron chi connectivity index (χ0n) is 18.8. The van der Waals surface area contributed by atoms with E-state index in [1.807, 2.05) is 0 Å². The van der Waals surface area contributed by atoms with Gasteiger partial charge in [0.15, 0.2) is 5.82 Å². The first kappa shape index (κ1) is 23.7. The van der Waals surface area contributed by atoms with E-state index in [0.717, 1.165) is 12.1 Å². The third kappa shape index (κ3) is 4.89. The van der Waals surface area contributed by atoms with E-state index < -0.39 is 11.6 Å². The first-order chi connectivity index (χ1) is 16.2. The van der Waals surface area contributed by atoms with Crippen LogP contribution in [-0.2, 0) is 0 Å². The molecule has 0 spiro atoms. The zero-order valence-corrected chi connectivity index (χ0v) is 19.6. The number of hydrogen-bond donors (Lipinski definition) is 1. The molecule has 3 amide bonds. The lowest BCUT2D eigenvalue weighted by Gasteiger charge is -2.22. The van der Waals surface area contributed by atoms with Gasteiger partial charge in [-0.15, -0.1) is 0 Å². The number of nitrogens with zero attached hydrogens (tertiary/aromatic N) is 4. The zero-order chi connectivity index (χ0) is 24.4. The number of urea groups is 1. The second-order valence-electron chi connectivity index (χ2n) is 8.13. The molecular weight excluding hydrogens is 464 g/mol. The molecule has 0 radical (unpaired) electrons. The summed E-state index contributed by atoms with van der Waals surface area (Å²) in [6, 6.07) is 9.86. The Morgan fingerprint density at radius 3 is 2.47 bits per heavy atom. The summed E-state index contributed by atoms with van der Waals surface area (Å²) < 4.78 is 29.0. The summed E-state index contributed by atoms with van der Waals surface area (Å²) in [5.41, 5.74) is 1.96. The van der Waals surface area contributed by atoms with Crippen LogP contribution in [0.1, 0.15) is 28.2 Å². The van der Waals surface area contributed by atoms with Crippen molar-refractivity contribution in [2.45, 2.75) is 20.3 Å². The summed E-state index contributed by atoms with van der Waals surface area (Å²) in [6.07, 6.45) is 0.605. The molecule has 1 aromatic heterocycles. The lowest BCUT2D eigenvalue weighted by atomic mass is 10.1. The van der Waals surface area contributed by atoms with Crippen LogP contribution in [0.3, 0.4) is 0 Å². The van der Waals surface area contributed by atoms with E-state index in [2.05, 4.69) is 10.4 Å². The van der Waals surface area contributed by atoms with Crippen molar-refractivity contribution in [1.29, 1.82) is 0 Å². The van der Waals surface area contributed by atoms with E-state index >= 15 is 0 Å². The number of aryl methyl sites for hydroxylation is 1. The van der Waals surface area contributed by atoms with Gasteiger partial charge in [0, 0.05) is 43.0 Å². The SMILES string of the molecule is Cc1nn(-c2ccc(F)cc2F)c(C)c1C(=O)N1CCCN(C(=O)Nc2cccc(Cl)c2)CC1. The van der Waals surface area contributed by atoms with Crippen LogP contribution >= 0.6 is 11.6 Å². The topological polar surface area (TPSA) is 70.5 Å². The van der Waals surface area contributed by atoms with Crippen molar-refractivity contribution in [1.82, 2.24) is 19.6 Å². The second-order valence-corrected chi connectivity index (χ2v) is 8.56. The molecule has 3 aromatic rings. The highest BCUT2D eigenvalue weighted by molar-refractivity contribution is 6.30. The van der Waals surface area contributed by atoms with Crippen LogP contribution in [-0.4, -0.2) is 57.7 Å². The molecule has 4 rings (SSSR count). The summed E-state index contributed by atoms with van der Waals surface area (Å²) in [6.45, 7) is 5.02. The fourth-order valence-electron chi connectivity index (χ4n) is 4.09. The molecular formula is C24H24ClF2N5O2. The number of hydrogen-bond acceptors (Lipinski definition) is 3. The fraction of sp³-hybridized carbons (Fsp3) is 0.292. The van der Waals surface area contributed by atoms with Crippen molar-refractivity contribution in [3.05, 3.63) is 76.1 Å². The largest absolute Gasteiger partial charge is 0.337 e. The van der Waals surface area contributed by atoms with Gasteiger partial charge in [0.1, 0.15) is 11.5 Å². The Labute approximate surface area is 200 Å². The molecule has 0 bridgehead atoms. The Morgan fingerprint density at radius 1 is 1.00 bits per heavy atom. The number of carbonyl (C=O) groups is 2. The molecule has 0 aliphatic carbocycles. The molecule has 1 N–H and O–H groups in total. The molecule has 1 aliphatic rings. The van der Waals surface area contributed by atoms with Crippen molar-refractivity contribution in [2.75, 3.05) is 31.5 Å². The Kier molecular flexibility index (Phi) is 6.83. The minimum Gasteiger partial charge on any atom is -0.337 e. The molecule has 0 unspecified atom stereocenters. The van der Waals surface area contributed by atoms with Gasteiger partial charge in [0.25, 0.3) is 5.91 Å². The predicted molar refractivity (Wildman–Crippen MR) is 126 cm³/mol. The number of halogens is 3. The standard InChI is InChI=1S/C24H24ClF2N5O2/c1-15-22(16(2)32(29-15)21-8-7-18(26)14-20(21)27)23(33)30-9-4-10-31(12-11-30)24(34)28-19-6-3-5-17(25)13-19/h3,5-8,13-14H,4,9-12H2,1-2H3,(H,28,34). The third-order valence-corrected chi connectivity index (χ3v) is 6.02. The molecule has 1 fully saturated rings. The molecule has 178 valence electrons. The average molecular weight is 488 g/mol. The van der Waals surface area contributed by atoms with Crippen LogP contribution in [0.4, 0.5) is 19.3 Å². The highest BCUT2D eigenvalue weighted by atomic mass is 35.5. The van der Waals surface area contributed by atoms with Crippen molar-refractivity contribution in [3.63, 3.8) is 0 Å². The molecule has 0 atom stereocenters. The normalized spacial score (nSPS) is 14.1. The van der Waals surface area contributed by atoms with Crippen LogP contribution in [0.2, 0.25) is 5.02 Å². The Morgan fingerprint density at radius 2 is 1.74 bits per heavy atom. The van der Waals surface area contributed by atoms with Crippen LogP contribution in [0, 0.1) is 25.5 Å². The summed E-state index contributed by atoms with van der Waals surface area (Å²) in [4.78, 5) is 29.4.